The first-order chi connectivity index (χ1) is 7.13. The molecule has 4 heteroatoms. The van der Waals surface area contributed by atoms with Gasteiger partial charge in [-0.1, -0.05) is 15.9 Å². The maximum Gasteiger partial charge on any atom is 0.242 e. The van der Waals surface area contributed by atoms with E-state index in [4.69, 9.17) is 0 Å². The van der Waals surface area contributed by atoms with Gasteiger partial charge in [0.05, 0.1) is 0 Å². The third kappa shape index (κ3) is 3.91. The number of anilines is 1. The summed E-state index contributed by atoms with van der Waals surface area (Å²) in [6.07, 6.45) is 0. The van der Waals surface area contributed by atoms with Crippen LogP contribution < -0.4 is 10.6 Å². The van der Waals surface area contributed by atoms with Gasteiger partial charge in [0.2, 0.25) is 5.91 Å². The third-order valence-electron chi connectivity index (χ3n) is 1.97. The Bertz CT molecular complexity index is 324. The molecule has 0 saturated heterocycles. The van der Waals surface area contributed by atoms with Crippen molar-refractivity contribution < 1.29 is 4.79 Å². The van der Waals surface area contributed by atoms with E-state index in [2.05, 4.69) is 26.6 Å². The summed E-state index contributed by atoms with van der Waals surface area (Å²) in [4.78, 5) is 11.4. The first-order valence-corrected chi connectivity index (χ1v) is 5.72. The summed E-state index contributed by atoms with van der Waals surface area (Å²) in [5, 5.41) is 5.89. The average Bonchev–Trinajstić information content (AvgIpc) is 2.22. The van der Waals surface area contributed by atoms with Gasteiger partial charge in [0.1, 0.15) is 6.04 Å². The molecule has 0 aliphatic heterocycles. The first-order valence-electron chi connectivity index (χ1n) is 4.93. The molecule has 0 aliphatic carbocycles. The highest BCUT2D eigenvalue weighted by Crippen LogP contribution is 2.14. The van der Waals surface area contributed by atoms with Gasteiger partial charge in [0.25, 0.3) is 0 Å². The van der Waals surface area contributed by atoms with E-state index in [9.17, 15) is 4.79 Å². The van der Waals surface area contributed by atoms with Gasteiger partial charge in [-0.25, -0.2) is 0 Å². The number of hydrogen-bond acceptors (Lipinski definition) is 2. The van der Waals surface area contributed by atoms with Crippen molar-refractivity contribution in [2.45, 2.75) is 19.9 Å². The van der Waals surface area contributed by atoms with Crippen molar-refractivity contribution in [1.29, 1.82) is 0 Å². The van der Waals surface area contributed by atoms with Crippen LogP contribution >= 0.6 is 15.9 Å². The van der Waals surface area contributed by atoms with Crippen molar-refractivity contribution in [3.05, 3.63) is 28.7 Å². The maximum atomic E-state index is 11.4. The molecule has 0 fully saturated rings. The molecule has 0 heterocycles. The molecule has 0 aliphatic rings. The fraction of sp³-hybridized carbons (Fsp3) is 0.364. The molecular weight excluding hydrogens is 256 g/mol. The van der Waals surface area contributed by atoms with E-state index in [1.165, 1.54) is 0 Å². The number of carbonyl (C=O) groups excluding carboxylic acids is 1. The highest BCUT2D eigenvalue weighted by atomic mass is 79.9. The number of hydrogen-bond donors (Lipinski definition) is 2. The smallest absolute Gasteiger partial charge is 0.242 e. The van der Waals surface area contributed by atoms with Crippen molar-refractivity contribution in [1.82, 2.24) is 5.32 Å². The van der Waals surface area contributed by atoms with E-state index in [0.717, 1.165) is 10.2 Å². The van der Waals surface area contributed by atoms with Gasteiger partial charge < -0.3 is 10.6 Å². The summed E-state index contributed by atoms with van der Waals surface area (Å²) in [5.41, 5.74) is 0.942. The van der Waals surface area contributed by atoms with E-state index in [-0.39, 0.29) is 11.9 Å². The van der Waals surface area contributed by atoms with Crippen LogP contribution in [0.2, 0.25) is 0 Å². The molecule has 15 heavy (non-hydrogen) atoms. The quantitative estimate of drug-likeness (QED) is 0.882. The Balaban J connectivity index is 2.54. The van der Waals surface area contributed by atoms with Crippen molar-refractivity contribution in [3.63, 3.8) is 0 Å². The second-order valence-corrected chi connectivity index (χ2v) is 4.18. The zero-order valence-corrected chi connectivity index (χ0v) is 10.5. The Morgan fingerprint density at radius 2 is 2.00 bits per heavy atom. The monoisotopic (exact) mass is 270 g/mol. The zero-order valence-electron chi connectivity index (χ0n) is 8.88. The molecule has 1 aromatic carbocycles. The van der Waals surface area contributed by atoms with Gasteiger partial charge in [-0.3, -0.25) is 4.79 Å². The van der Waals surface area contributed by atoms with Crippen molar-refractivity contribution in [2.75, 3.05) is 11.9 Å². The van der Waals surface area contributed by atoms with Gasteiger partial charge in [-0.15, -0.1) is 0 Å². The standard InChI is InChI=1S/C11H15BrN2O/c1-3-13-11(15)8(2)14-10-6-4-9(12)5-7-10/h4-8,14H,3H2,1-2H3,(H,13,15)/t8-/m0/s1. The zero-order chi connectivity index (χ0) is 11.3. The van der Waals surface area contributed by atoms with Crippen LogP contribution in [0, 0.1) is 0 Å². The normalized spacial score (nSPS) is 11.9. The van der Waals surface area contributed by atoms with E-state index in [1.54, 1.807) is 0 Å². The lowest BCUT2D eigenvalue weighted by molar-refractivity contribution is -0.121. The highest BCUT2D eigenvalue weighted by Gasteiger charge is 2.10. The SMILES string of the molecule is CCNC(=O)[C@H](C)Nc1ccc(Br)cc1. The fourth-order valence-electron chi connectivity index (χ4n) is 1.19. The van der Waals surface area contributed by atoms with Crippen LogP contribution in [-0.4, -0.2) is 18.5 Å². The number of halogens is 1. The number of rotatable bonds is 4. The fourth-order valence-corrected chi connectivity index (χ4v) is 1.45. The molecule has 82 valence electrons. The number of amides is 1. The maximum absolute atomic E-state index is 11.4. The summed E-state index contributed by atoms with van der Waals surface area (Å²) in [7, 11) is 0. The second kappa shape index (κ2) is 5.75. The largest absolute Gasteiger partial charge is 0.374 e. The summed E-state index contributed by atoms with van der Waals surface area (Å²) in [6.45, 7) is 4.41. The molecule has 0 saturated carbocycles. The van der Waals surface area contributed by atoms with Crippen LogP contribution in [-0.2, 0) is 4.79 Å². The van der Waals surface area contributed by atoms with Crippen molar-refractivity contribution >= 4 is 27.5 Å². The van der Waals surface area contributed by atoms with Gasteiger partial charge in [-0.05, 0) is 38.1 Å². The lowest BCUT2D eigenvalue weighted by Crippen LogP contribution is -2.37. The highest BCUT2D eigenvalue weighted by molar-refractivity contribution is 9.10. The van der Waals surface area contributed by atoms with Crippen LogP contribution in [0.4, 0.5) is 5.69 Å². The topological polar surface area (TPSA) is 41.1 Å². The summed E-state index contributed by atoms with van der Waals surface area (Å²) >= 11 is 3.36. The molecule has 1 amide bonds. The Kier molecular flexibility index (Phi) is 4.62. The molecule has 3 nitrogen and oxygen atoms in total. The molecule has 1 rings (SSSR count). The Morgan fingerprint density at radius 3 is 2.53 bits per heavy atom. The molecule has 0 unspecified atom stereocenters. The van der Waals surface area contributed by atoms with Crippen LogP contribution in [0.15, 0.2) is 28.7 Å². The number of carbonyl (C=O) groups is 1. The van der Waals surface area contributed by atoms with Gasteiger partial charge >= 0.3 is 0 Å². The van der Waals surface area contributed by atoms with Crippen molar-refractivity contribution in [2.24, 2.45) is 0 Å². The van der Waals surface area contributed by atoms with E-state index in [0.29, 0.717) is 6.54 Å². The first kappa shape index (κ1) is 12.0. The summed E-state index contributed by atoms with van der Waals surface area (Å²) in [5.74, 6) is 0.0143. The molecule has 0 radical (unpaired) electrons. The molecule has 1 atom stereocenters. The average molecular weight is 271 g/mol. The van der Waals surface area contributed by atoms with Crippen LogP contribution in [0.25, 0.3) is 0 Å². The second-order valence-electron chi connectivity index (χ2n) is 3.27. The van der Waals surface area contributed by atoms with E-state index >= 15 is 0 Å². The Hall–Kier alpha value is -1.03. The Morgan fingerprint density at radius 1 is 1.40 bits per heavy atom. The van der Waals surface area contributed by atoms with Gasteiger partial charge in [0.15, 0.2) is 0 Å². The van der Waals surface area contributed by atoms with Crippen LogP contribution in [0.1, 0.15) is 13.8 Å². The summed E-state index contributed by atoms with van der Waals surface area (Å²) in [6, 6.07) is 7.52. The number of nitrogens with one attached hydrogen (secondary N) is 2. The van der Waals surface area contributed by atoms with E-state index < -0.39 is 0 Å². The van der Waals surface area contributed by atoms with Gasteiger partial charge in [-0.2, -0.15) is 0 Å². The predicted molar refractivity (Wildman–Crippen MR) is 65.9 cm³/mol. The molecule has 1 aromatic rings. The van der Waals surface area contributed by atoms with Crippen LogP contribution in [0.3, 0.4) is 0 Å². The molecular formula is C11H15BrN2O. The molecule has 0 aromatic heterocycles. The van der Waals surface area contributed by atoms with Crippen LogP contribution in [0.5, 0.6) is 0 Å². The minimum Gasteiger partial charge on any atom is -0.374 e. The minimum atomic E-state index is -0.217. The summed E-state index contributed by atoms with van der Waals surface area (Å²) < 4.78 is 1.03. The van der Waals surface area contributed by atoms with Crippen molar-refractivity contribution in [3.8, 4) is 0 Å². The third-order valence-corrected chi connectivity index (χ3v) is 2.50. The lowest BCUT2D eigenvalue weighted by atomic mass is 10.2. The Labute approximate surface area is 98.4 Å². The molecule has 2 N–H and O–H groups in total. The predicted octanol–water partition coefficient (Wildman–Crippen LogP) is 2.39. The minimum absolute atomic E-state index is 0.0143. The molecule has 0 spiro atoms. The number of benzene rings is 1. The number of likely N-dealkylation sites (N-methyl/N-ethyl adjacent to an activating group) is 1. The molecule has 0 bridgehead atoms. The lowest BCUT2D eigenvalue weighted by Gasteiger charge is -2.14. The van der Waals surface area contributed by atoms with Gasteiger partial charge in [0, 0.05) is 16.7 Å². The van der Waals surface area contributed by atoms with E-state index in [1.807, 2.05) is 38.1 Å².